The van der Waals surface area contributed by atoms with Crippen LogP contribution < -0.4 is 0 Å². The second kappa shape index (κ2) is 4.89. The average molecular weight is 301 g/mol. The van der Waals surface area contributed by atoms with E-state index in [9.17, 15) is 4.39 Å². The number of fused-ring (bicyclic) bond motifs is 1. The molecule has 0 aliphatic carbocycles. The minimum Gasteiger partial charge on any atom is -0.378 e. The van der Waals surface area contributed by atoms with Gasteiger partial charge >= 0.3 is 0 Å². The van der Waals surface area contributed by atoms with Gasteiger partial charge in [-0.3, -0.25) is 0 Å². The first kappa shape index (κ1) is 13.1. The van der Waals surface area contributed by atoms with Gasteiger partial charge in [-0.15, -0.1) is 0 Å². The SMILES string of the molecule is CC1CC(n2c(=S)[nH]c3cc(F)c(Cl)cc32)CCO1. The van der Waals surface area contributed by atoms with Crippen LogP contribution in [0.15, 0.2) is 12.1 Å². The third-order valence-corrected chi connectivity index (χ3v) is 4.17. The summed E-state index contributed by atoms with van der Waals surface area (Å²) in [5, 5.41) is 0.121. The fraction of sp³-hybridized carbons (Fsp3) is 0.462. The van der Waals surface area contributed by atoms with Crippen LogP contribution in [0, 0.1) is 10.6 Å². The number of aromatic nitrogens is 2. The Morgan fingerprint density at radius 3 is 3.05 bits per heavy atom. The summed E-state index contributed by atoms with van der Waals surface area (Å²) in [6, 6.07) is 3.30. The van der Waals surface area contributed by atoms with E-state index in [2.05, 4.69) is 11.9 Å². The second-order valence-electron chi connectivity index (χ2n) is 4.94. The van der Waals surface area contributed by atoms with Gasteiger partial charge in [0.05, 0.1) is 22.2 Å². The van der Waals surface area contributed by atoms with Crippen LogP contribution in [-0.4, -0.2) is 22.3 Å². The van der Waals surface area contributed by atoms with Crippen LogP contribution in [0.1, 0.15) is 25.8 Å². The number of aromatic amines is 1. The second-order valence-corrected chi connectivity index (χ2v) is 5.74. The van der Waals surface area contributed by atoms with Crippen molar-refractivity contribution in [3.05, 3.63) is 27.7 Å². The molecule has 0 spiro atoms. The Morgan fingerprint density at radius 2 is 2.32 bits per heavy atom. The first-order valence-electron chi connectivity index (χ1n) is 6.27. The molecule has 2 heterocycles. The van der Waals surface area contributed by atoms with Crippen LogP contribution in [0.4, 0.5) is 4.39 Å². The lowest BCUT2D eigenvalue weighted by atomic mass is 10.0. The molecule has 1 aliphatic heterocycles. The normalized spacial score (nSPS) is 23.9. The minimum atomic E-state index is -0.432. The maximum Gasteiger partial charge on any atom is 0.178 e. The first-order chi connectivity index (χ1) is 9.06. The van der Waals surface area contributed by atoms with Gasteiger partial charge in [-0.1, -0.05) is 11.6 Å². The molecule has 1 saturated heterocycles. The fourth-order valence-corrected chi connectivity index (χ4v) is 3.21. The van der Waals surface area contributed by atoms with Gasteiger partial charge in [0.15, 0.2) is 4.77 Å². The van der Waals surface area contributed by atoms with Crippen molar-refractivity contribution in [1.82, 2.24) is 9.55 Å². The quantitative estimate of drug-likeness (QED) is 0.799. The van der Waals surface area contributed by atoms with Crippen LogP contribution in [-0.2, 0) is 4.74 Å². The van der Waals surface area contributed by atoms with Gasteiger partial charge in [0.25, 0.3) is 0 Å². The predicted molar refractivity (Wildman–Crippen MR) is 75.8 cm³/mol. The predicted octanol–water partition coefficient (Wildman–Crippen LogP) is 4.23. The van der Waals surface area contributed by atoms with E-state index in [0.717, 1.165) is 25.0 Å². The molecule has 1 fully saturated rings. The number of hydrogen-bond acceptors (Lipinski definition) is 2. The molecule has 3 nitrogen and oxygen atoms in total. The molecule has 1 N–H and O–H groups in total. The number of rotatable bonds is 1. The van der Waals surface area contributed by atoms with Crippen molar-refractivity contribution in [2.45, 2.75) is 31.9 Å². The summed E-state index contributed by atoms with van der Waals surface area (Å²) < 4.78 is 21.7. The van der Waals surface area contributed by atoms with E-state index in [0.29, 0.717) is 10.3 Å². The fourth-order valence-electron chi connectivity index (χ4n) is 2.69. The standard InChI is InChI=1S/C13H14ClFN2OS/c1-7-4-8(2-3-18-7)17-12-5-9(14)10(15)6-11(12)16-13(17)19/h5-8H,2-4H2,1H3,(H,16,19). The molecule has 102 valence electrons. The van der Waals surface area contributed by atoms with Crippen LogP contribution in [0.3, 0.4) is 0 Å². The molecule has 6 heteroatoms. The smallest absolute Gasteiger partial charge is 0.178 e. The van der Waals surface area contributed by atoms with Crippen LogP contribution in [0.5, 0.6) is 0 Å². The number of H-pyrrole nitrogens is 1. The lowest BCUT2D eigenvalue weighted by Gasteiger charge is -2.28. The summed E-state index contributed by atoms with van der Waals surface area (Å²) in [5.41, 5.74) is 1.54. The highest BCUT2D eigenvalue weighted by Gasteiger charge is 2.23. The van der Waals surface area contributed by atoms with Crippen LogP contribution in [0.2, 0.25) is 5.02 Å². The van der Waals surface area contributed by atoms with E-state index >= 15 is 0 Å². The molecule has 3 rings (SSSR count). The maximum absolute atomic E-state index is 13.5. The molecule has 1 aromatic carbocycles. The van der Waals surface area contributed by atoms with E-state index in [1.165, 1.54) is 6.07 Å². The minimum absolute atomic E-state index is 0.121. The summed E-state index contributed by atoms with van der Waals surface area (Å²) in [6.07, 6.45) is 2.01. The molecule has 0 bridgehead atoms. The Bertz CT molecular complexity index is 681. The highest BCUT2D eigenvalue weighted by atomic mass is 35.5. The maximum atomic E-state index is 13.5. The monoisotopic (exact) mass is 300 g/mol. The Kier molecular flexibility index (Phi) is 3.37. The van der Waals surface area contributed by atoms with Gasteiger partial charge in [-0.2, -0.15) is 0 Å². The number of imidazole rings is 1. The van der Waals surface area contributed by atoms with Gasteiger partial charge in [-0.05, 0) is 38.0 Å². The molecule has 2 unspecified atom stereocenters. The van der Waals surface area contributed by atoms with Gasteiger partial charge < -0.3 is 14.3 Å². The van der Waals surface area contributed by atoms with Gasteiger partial charge in [-0.25, -0.2) is 4.39 Å². The largest absolute Gasteiger partial charge is 0.378 e. The van der Waals surface area contributed by atoms with Crippen molar-refractivity contribution < 1.29 is 9.13 Å². The molecule has 0 radical (unpaired) electrons. The number of ether oxygens (including phenoxy) is 1. The van der Waals surface area contributed by atoms with Crippen LogP contribution >= 0.6 is 23.8 Å². The Morgan fingerprint density at radius 1 is 1.53 bits per heavy atom. The number of benzene rings is 1. The summed E-state index contributed by atoms with van der Waals surface area (Å²) >= 11 is 11.2. The lowest BCUT2D eigenvalue weighted by molar-refractivity contribution is 0.00647. The van der Waals surface area contributed by atoms with Crippen LogP contribution in [0.25, 0.3) is 11.0 Å². The molecule has 2 aromatic rings. The molecule has 1 aliphatic rings. The summed E-state index contributed by atoms with van der Waals surface area (Å²) in [4.78, 5) is 3.05. The van der Waals surface area contributed by atoms with Crippen molar-refractivity contribution in [2.24, 2.45) is 0 Å². The first-order valence-corrected chi connectivity index (χ1v) is 7.05. The lowest BCUT2D eigenvalue weighted by Crippen LogP contribution is -2.25. The molecule has 0 saturated carbocycles. The van der Waals surface area contributed by atoms with Crippen molar-refractivity contribution in [3.8, 4) is 0 Å². The zero-order chi connectivity index (χ0) is 13.6. The van der Waals surface area contributed by atoms with Crippen molar-refractivity contribution in [2.75, 3.05) is 6.61 Å². The highest BCUT2D eigenvalue weighted by Crippen LogP contribution is 2.31. The Labute approximate surface area is 120 Å². The van der Waals surface area contributed by atoms with E-state index in [4.69, 9.17) is 28.6 Å². The van der Waals surface area contributed by atoms with E-state index in [-0.39, 0.29) is 17.2 Å². The molecular formula is C13H14ClFN2OS. The highest BCUT2D eigenvalue weighted by molar-refractivity contribution is 7.71. The zero-order valence-corrected chi connectivity index (χ0v) is 12.0. The molecule has 2 atom stereocenters. The zero-order valence-electron chi connectivity index (χ0n) is 10.5. The summed E-state index contributed by atoms with van der Waals surface area (Å²) in [7, 11) is 0. The van der Waals surface area contributed by atoms with Gasteiger partial charge in [0.2, 0.25) is 0 Å². The molecular weight excluding hydrogens is 287 g/mol. The molecule has 0 amide bonds. The van der Waals surface area contributed by atoms with E-state index in [1.54, 1.807) is 6.07 Å². The Hall–Kier alpha value is -0.910. The summed E-state index contributed by atoms with van der Waals surface area (Å²) in [6.45, 7) is 2.77. The van der Waals surface area contributed by atoms with Gasteiger partial charge in [0, 0.05) is 18.7 Å². The number of nitrogens with zero attached hydrogens (tertiary/aromatic N) is 1. The van der Waals surface area contributed by atoms with Crippen molar-refractivity contribution >= 4 is 34.9 Å². The van der Waals surface area contributed by atoms with Crippen molar-refractivity contribution in [1.29, 1.82) is 0 Å². The van der Waals surface area contributed by atoms with E-state index < -0.39 is 5.82 Å². The van der Waals surface area contributed by atoms with Crippen molar-refractivity contribution in [3.63, 3.8) is 0 Å². The Balaban J connectivity index is 2.14. The molecule has 19 heavy (non-hydrogen) atoms. The summed E-state index contributed by atoms with van der Waals surface area (Å²) in [5.74, 6) is -0.432. The third kappa shape index (κ3) is 2.30. The van der Waals surface area contributed by atoms with E-state index in [1.807, 2.05) is 4.57 Å². The third-order valence-electron chi connectivity index (χ3n) is 3.58. The number of halogens is 2. The topological polar surface area (TPSA) is 29.9 Å². The average Bonchev–Trinajstić information content (AvgIpc) is 2.65. The number of nitrogens with one attached hydrogen (secondary N) is 1. The number of hydrogen-bond donors (Lipinski definition) is 1. The van der Waals surface area contributed by atoms with Gasteiger partial charge in [0.1, 0.15) is 5.82 Å². The molecule has 1 aromatic heterocycles.